The lowest BCUT2D eigenvalue weighted by atomic mass is 10.1. The third-order valence-electron chi connectivity index (χ3n) is 2.92. The van der Waals surface area contributed by atoms with Crippen LogP contribution in [0, 0.1) is 0 Å². The van der Waals surface area contributed by atoms with E-state index in [4.69, 9.17) is 22.4 Å². The van der Waals surface area contributed by atoms with Crippen molar-refractivity contribution in [1.82, 2.24) is 4.57 Å². The molecular formula is C14H11ClN2O4. The summed E-state index contributed by atoms with van der Waals surface area (Å²) in [6, 6.07) is 6.90. The average Bonchev–Trinajstić information content (AvgIpc) is 2.42. The van der Waals surface area contributed by atoms with E-state index >= 15 is 0 Å². The monoisotopic (exact) mass is 306 g/mol. The smallest absolute Gasteiger partial charge is 0.335 e. The minimum absolute atomic E-state index is 0.0774. The fourth-order valence-corrected chi connectivity index (χ4v) is 2.02. The Morgan fingerprint density at radius 1 is 1.19 bits per heavy atom. The van der Waals surface area contributed by atoms with Gasteiger partial charge in [0.15, 0.2) is 0 Å². The molecule has 6 nitrogen and oxygen atoms in total. The summed E-state index contributed by atoms with van der Waals surface area (Å²) < 4.78 is 1.32. The van der Waals surface area contributed by atoms with Gasteiger partial charge in [-0.3, -0.25) is 9.59 Å². The van der Waals surface area contributed by atoms with Crippen molar-refractivity contribution >= 4 is 23.5 Å². The van der Waals surface area contributed by atoms with Crippen LogP contribution in [0.1, 0.15) is 26.3 Å². The maximum atomic E-state index is 11.8. The highest BCUT2D eigenvalue weighted by Gasteiger charge is 2.09. The first-order chi connectivity index (χ1) is 9.88. The predicted molar refractivity (Wildman–Crippen MR) is 76.7 cm³/mol. The zero-order valence-electron chi connectivity index (χ0n) is 10.7. The maximum Gasteiger partial charge on any atom is 0.335 e. The van der Waals surface area contributed by atoms with Crippen LogP contribution in [0.2, 0.25) is 5.02 Å². The number of primary amides is 1. The fraction of sp³-hybridized carbons (Fsp3) is 0.0714. The second-order valence-electron chi connectivity index (χ2n) is 4.36. The number of carboxylic acid groups (broad SMARTS) is 1. The lowest BCUT2D eigenvalue weighted by molar-refractivity contribution is 0.0696. The third kappa shape index (κ3) is 3.29. The molecule has 0 aliphatic rings. The van der Waals surface area contributed by atoms with Gasteiger partial charge in [-0.25, -0.2) is 4.79 Å². The van der Waals surface area contributed by atoms with Crippen molar-refractivity contribution in [3.63, 3.8) is 0 Å². The van der Waals surface area contributed by atoms with Gasteiger partial charge in [0.1, 0.15) is 0 Å². The first-order valence-electron chi connectivity index (χ1n) is 5.90. The molecule has 0 aliphatic heterocycles. The van der Waals surface area contributed by atoms with Crippen LogP contribution in [0.3, 0.4) is 0 Å². The number of hydrogen-bond acceptors (Lipinski definition) is 3. The number of rotatable bonds is 4. The van der Waals surface area contributed by atoms with Crippen LogP contribution in [-0.2, 0) is 6.54 Å². The van der Waals surface area contributed by atoms with E-state index in [2.05, 4.69) is 0 Å². The lowest BCUT2D eigenvalue weighted by Crippen LogP contribution is -2.21. The topological polar surface area (TPSA) is 102 Å². The molecule has 7 heteroatoms. The number of hydrogen-bond donors (Lipinski definition) is 2. The van der Waals surface area contributed by atoms with Gasteiger partial charge in [0.25, 0.3) is 5.56 Å². The summed E-state index contributed by atoms with van der Waals surface area (Å²) in [5.74, 6) is -1.76. The van der Waals surface area contributed by atoms with Crippen LogP contribution in [0.5, 0.6) is 0 Å². The number of benzene rings is 1. The Balaban J connectivity index is 2.32. The van der Waals surface area contributed by atoms with Crippen LogP contribution in [0.25, 0.3) is 0 Å². The second kappa shape index (κ2) is 5.80. The zero-order chi connectivity index (χ0) is 15.6. The van der Waals surface area contributed by atoms with Crippen LogP contribution in [-0.4, -0.2) is 21.6 Å². The molecule has 0 saturated heterocycles. The van der Waals surface area contributed by atoms with Gasteiger partial charge in [-0.2, -0.15) is 0 Å². The summed E-state index contributed by atoms with van der Waals surface area (Å²) in [6.07, 6.45) is 1.38. The third-order valence-corrected chi connectivity index (χ3v) is 3.27. The largest absolute Gasteiger partial charge is 0.478 e. The molecule has 3 N–H and O–H groups in total. The first-order valence-corrected chi connectivity index (χ1v) is 6.28. The fourth-order valence-electron chi connectivity index (χ4n) is 1.78. The van der Waals surface area contributed by atoms with Gasteiger partial charge in [0, 0.05) is 22.8 Å². The van der Waals surface area contributed by atoms with Crippen molar-refractivity contribution in [3.05, 3.63) is 68.6 Å². The van der Waals surface area contributed by atoms with Crippen LogP contribution < -0.4 is 11.3 Å². The number of nitrogens with zero attached hydrogens (tertiary/aromatic N) is 1. The number of carbonyl (C=O) groups excluding carboxylic acids is 1. The second-order valence-corrected chi connectivity index (χ2v) is 4.76. The highest BCUT2D eigenvalue weighted by Crippen LogP contribution is 2.18. The van der Waals surface area contributed by atoms with Crippen LogP contribution in [0.4, 0.5) is 0 Å². The van der Waals surface area contributed by atoms with Gasteiger partial charge >= 0.3 is 5.97 Å². The molecule has 0 unspecified atom stereocenters. The van der Waals surface area contributed by atoms with Crippen molar-refractivity contribution < 1.29 is 14.7 Å². The number of pyridine rings is 1. The quantitative estimate of drug-likeness (QED) is 0.890. The molecule has 0 radical (unpaired) electrons. The van der Waals surface area contributed by atoms with Gasteiger partial charge < -0.3 is 15.4 Å². The molecule has 0 aliphatic carbocycles. The van der Waals surface area contributed by atoms with Gasteiger partial charge in [0.2, 0.25) is 5.91 Å². The van der Waals surface area contributed by atoms with Gasteiger partial charge in [-0.15, -0.1) is 0 Å². The Hall–Kier alpha value is -2.60. The van der Waals surface area contributed by atoms with Gasteiger partial charge in [0.05, 0.1) is 12.1 Å². The lowest BCUT2D eigenvalue weighted by Gasteiger charge is -2.08. The van der Waals surface area contributed by atoms with E-state index in [1.807, 2.05) is 0 Å². The summed E-state index contributed by atoms with van der Waals surface area (Å²) in [5, 5.41) is 9.11. The molecule has 1 aromatic carbocycles. The van der Waals surface area contributed by atoms with E-state index in [0.717, 1.165) is 6.07 Å². The van der Waals surface area contributed by atoms with Crippen molar-refractivity contribution in [2.24, 2.45) is 5.73 Å². The highest BCUT2D eigenvalue weighted by molar-refractivity contribution is 6.31. The minimum Gasteiger partial charge on any atom is -0.478 e. The van der Waals surface area contributed by atoms with Crippen molar-refractivity contribution in [3.8, 4) is 0 Å². The SMILES string of the molecule is NC(=O)c1ccc(Cn2ccc(C(=O)O)cc2=O)c(Cl)c1. The van der Waals surface area contributed by atoms with Gasteiger partial charge in [-0.05, 0) is 23.8 Å². The van der Waals surface area contributed by atoms with Crippen molar-refractivity contribution in [1.29, 1.82) is 0 Å². The van der Waals surface area contributed by atoms with Crippen molar-refractivity contribution in [2.45, 2.75) is 6.54 Å². The highest BCUT2D eigenvalue weighted by atomic mass is 35.5. The standard InChI is InChI=1S/C14H11ClN2O4/c15-11-5-8(13(16)19)1-2-10(11)7-17-4-3-9(14(20)21)6-12(17)18/h1-6H,7H2,(H2,16,19)(H,20,21). The molecule has 1 aromatic heterocycles. The van der Waals surface area contributed by atoms with E-state index in [-0.39, 0.29) is 17.7 Å². The Kier molecular flexibility index (Phi) is 4.09. The van der Waals surface area contributed by atoms with Crippen LogP contribution in [0.15, 0.2) is 41.3 Å². The van der Waals surface area contributed by atoms with E-state index in [9.17, 15) is 14.4 Å². The average molecular weight is 307 g/mol. The van der Waals surface area contributed by atoms with E-state index in [1.54, 1.807) is 6.07 Å². The number of carboxylic acids is 1. The molecule has 0 bridgehead atoms. The molecule has 21 heavy (non-hydrogen) atoms. The van der Waals surface area contributed by atoms with E-state index in [0.29, 0.717) is 10.6 Å². The van der Waals surface area contributed by atoms with E-state index in [1.165, 1.54) is 29.0 Å². The zero-order valence-corrected chi connectivity index (χ0v) is 11.5. The first kappa shape index (κ1) is 14.8. The molecule has 0 spiro atoms. The number of nitrogens with two attached hydrogens (primary N) is 1. The Bertz CT molecular complexity index is 783. The predicted octanol–water partition coefficient (Wildman–Crippen LogP) is 1.35. The number of aromatic nitrogens is 1. The normalized spacial score (nSPS) is 10.3. The number of carbonyl (C=O) groups is 2. The van der Waals surface area contributed by atoms with Crippen molar-refractivity contribution in [2.75, 3.05) is 0 Å². The maximum absolute atomic E-state index is 11.8. The molecule has 1 amide bonds. The molecule has 0 fully saturated rings. The molecule has 2 aromatic rings. The Morgan fingerprint density at radius 2 is 1.90 bits per heavy atom. The summed E-state index contributed by atoms with van der Waals surface area (Å²) in [7, 11) is 0. The number of halogens is 1. The summed E-state index contributed by atoms with van der Waals surface area (Å²) in [4.78, 5) is 33.6. The van der Waals surface area contributed by atoms with Gasteiger partial charge in [-0.1, -0.05) is 17.7 Å². The summed E-state index contributed by atoms with van der Waals surface area (Å²) >= 11 is 6.04. The van der Waals surface area contributed by atoms with Crippen LogP contribution >= 0.6 is 11.6 Å². The Morgan fingerprint density at radius 3 is 2.43 bits per heavy atom. The summed E-state index contributed by atoms with van der Waals surface area (Å²) in [5.41, 5.74) is 5.51. The molecule has 0 atom stereocenters. The van der Waals surface area contributed by atoms with E-state index < -0.39 is 17.4 Å². The molecule has 0 saturated carbocycles. The minimum atomic E-state index is -1.16. The summed E-state index contributed by atoms with van der Waals surface area (Å²) in [6.45, 7) is 0.163. The molecule has 2 rings (SSSR count). The number of aromatic carboxylic acids is 1. The molecular weight excluding hydrogens is 296 g/mol. The Labute approximate surface area is 124 Å². The molecule has 108 valence electrons. The molecule has 1 heterocycles. The number of amides is 1.